The Morgan fingerprint density at radius 1 is 1.30 bits per heavy atom. The Kier molecular flexibility index (Phi) is 5.85. The minimum absolute atomic E-state index is 0.435. The lowest BCUT2D eigenvalue weighted by molar-refractivity contribution is 0.0398. The zero-order chi connectivity index (χ0) is 14.2. The van der Waals surface area contributed by atoms with Gasteiger partial charge in [-0.1, -0.05) is 12.1 Å². The summed E-state index contributed by atoms with van der Waals surface area (Å²) in [6.07, 6.45) is 3.66. The SMILES string of the molecule is COC1CCN(CCCOc2ccccc2C#N)CC1. The van der Waals surface area contributed by atoms with Gasteiger partial charge < -0.3 is 14.4 Å². The monoisotopic (exact) mass is 274 g/mol. The molecule has 0 saturated carbocycles. The molecule has 1 fully saturated rings. The molecule has 1 aromatic carbocycles. The van der Waals surface area contributed by atoms with Gasteiger partial charge in [-0.2, -0.15) is 5.26 Å². The first-order chi connectivity index (χ1) is 9.83. The van der Waals surface area contributed by atoms with Crippen LogP contribution in [0.5, 0.6) is 5.75 Å². The van der Waals surface area contributed by atoms with Gasteiger partial charge in [0.15, 0.2) is 0 Å². The molecule has 2 rings (SSSR count). The maximum absolute atomic E-state index is 8.98. The first-order valence-corrected chi connectivity index (χ1v) is 7.20. The van der Waals surface area contributed by atoms with Gasteiger partial charge in [0.1, 0.15) is 11.8 Å². The third kappa shape index (κ3) is 4.22. The molecule has 1 saturated heterocycles. The van der Waals surface area contributed by atoms with Crippen LogP contribution in [0.2, 0.25) is 0 Å². The van der Waals surface area contributed by atoms with Crippen molar-refractivity contribution in [3.05, 3.63) is 29.8 Å². The zero-order valence-corrected chi connectivity index (χ0v) is 12.0. The average Bonchev–Trinajstić information content (AvgIpc) is 2.52. The molecule has 0 bridgehead atoms. The Hall–Kier alpha value is -1.57. The topological polar surface area (TPSA) is 45.5 Å². The minimum atomic E-state index is 0.435. The number of rotatable bonds is 6. The van der Waals surface area contributed by atoms with Gasteiger partial charge in [0.2, 0.25) is 0 Å². The fourth-order valence-electron chi connectivity index (χ4n) is 2.52. The van der Waals surface area contributed by atoms with Gasteiger partial charge in [0.05, 0.1) is 18.3 Å². The van der Waals surface area contributed by atoms with E-state index in [1.54, 1.807) is 13.2 Å². The number of ether oxygens (including phenoxy) is 2. The van der Waals surface area contributed by atoms with Crippen LogP contribution in [0.25, 0.3) is 0 Å². The highest BCUT2D eigenvalue weighted by Gasteiger charge is 2.17. The molecule has 0 spiro atoms. The van der Waals surface area contributed by atoms with Crippen LogP contribution in [0.3, 0.4) is 0 Å². The van der Waals surface area contributed by atoms with Crippen LogP contribution in [-0.2, 0) is 4.74 Å². The number of benzene rings is 1. The Morgan fingerprint density at radius 2 is 2.05 bits per heavy atom. The lowest BCUT2D eigenvalue weighted by Crippen LogP contribution is -2.37. The predicted molar refractivity (Wildman–Crippen MR) is 77.7 cm³/mol. The first-order valence-electron chi connectivity index (χ1n) is 7.20. The van der Waals surface area contributed by atoms with E-state index in [4.69, 9.17) is 14.7 Å². The fourth-order valence-corrected chi connectivity index (χ4v) is 2.52. The lowest BCUT2D eigenvalue weighted by Gasteiger charge is -2.31. The Labute approximate surface area is 120 Å². The van der Waals surface area contributed by atoms with E-state index in [1.807, 2.05) is 18.2 Å². The van der Waals surface area contributed by atoms with Crippen molar-refractivity contribution in [3.8, 4) is 11.8 Å². The number of nitriles is 1. The van der Waals surface area contributed by atoms with E-state index in [9.17, 15) is 0 Å². The minimum Gasteiger partial charge on any atom is -0.492 e. The van der Waals surface area contributed by atoms with Crippen LogP contribution >= 0.6 is 0 Å². The number of hydrogen-bond donors (Lipinski definition) is 0. The van der Waals surface area contributed by atoms with Crippen LogP contribution in [0, 0.1) is 11.3 Å². The van der Waals surface area contributed by atoms with Gasteiger partial charge in [0.25, 0.3) is 0 Å². The van der Waals surface area contributed by atoms with Crippen molar-refractivity contribution < 1.29 is 9.47 Å². The summed E-state index contributed by atoms with van der Waals surface area (Å²) in [5.74, 6) is 0.688. The van der Waals surface area contributed by atoms with E-state index in [1.165, 1.54) is 0 Å². The summed E-state index contributed by atoms with van der Waals surface area (Å²) in [7, 11) is 1.79. The molecule has 1 aliphatic rings. The molecule has 1 aromatic rings. The maximum Gasteiger partial charge on any atom is 0.137 e. The second-order valence-electron chi connectivity index (χ2n) is 5.09. The van der Waals surface area contributed by atoms with Gasteiger partial charge in [-0.05, 0) is 31.4 Å². The molecule has 0 N–H and O–H groups in total. The molecule has 20 heavy (non-hydrogen) atoms. The Bertz CT molecular complexity index is 448. The molecular formula is C16H22N2O2. The van der Waals surface area contributed by atoms with Gasteiger partial charge in [0, 0.05) is 26.7 Å². The van der Waals surface area contributed by atoms with Crippen molar-refractivity contribution in [1.29, 1.82) is 5.26 Å². The number of piperidine rings is 1. The van der Waals surface area contributed by atoms with Crippen molar-refractivity contribution in [2.24, 2.45) is 0 Å². The Balaban J connectivity index is 1.66. The summed E-state index contributed by atoms with van der Waals surface area (Å²) < 4.78 is 11.1. The Morgan fingerprint density at radius 3 is 2.75 bits per heavy atom. The van der Waals surface area contributed by atoms with E-state index in [2.05, 4.69) is 11.0 Å². The maximum atomic E-state index is 8.98. The molecule has 0 aromatic heterocycles. The van der Waals surface area contributed by atoms with Crippen LogP contribution < -0.4 is 4.74 Å². The van der Waals surface area contributed by atoms with Gasteiger partial charge in [-0.25, -0.2) is 0 Å². The second-order valence-corrected chi connectivity index (χ2v) is 5.09. The zero-order valence-electron chi connectivity index (χ0n) is 12.0. The van der Waals surface area contributed by atoms with Gasteiger partial charge in [-0.15, -0.1) is 0 Å². The van der Waals surface area contributed by atoms with Crippen LogP contribution in [0.4, 0.5) is 0 Å². The number of hydrogen-bond acceptors (Lipinski definition) is 4. The smallest absolute Gasteiger partial charge is 0.137 e. The third-order valence-electron chi connectivity index (χ3n) is 3.75. The molecule has 1 heterocycles. The molecule has 4 nitrogen and oxygen atoms in total. The first kappa shape index (κ1) is 14.8. The number of nitrogens with zero attached hydrogens (tertiary/aromatic N) is 2. The third-order valence-corrected chi connectivity index (χ3v) is 3.75. The van der Waals surface area contributed by atoms with E-state index in [0.717, 1.165) is 38.9 Å². The van der Waals surface area contributed by atoms with Crippen molar-refractivity contribution in [2.45, 2.75) is 25.4 Å². The normalized spacial score (nSPS) is 16.8. The molecule has 0 atom stereocenters. The van der Waals surface area contributed by atoms with Crippen LogP contribution in [0.15, 0.2) is 24.3 Å². The molecular weight excluding hydrogens is 252 g/mol. The summed E-state index contributed by atoms with van der Waals surface area (Å²) in [4.78, 5) is 2.45. The summed E-state index contributed by atoms with van der Waals surface area (Å²) in [5, 5.41) is 8.98. The van der Waals surface area contributed by atoms with Crippen molar-refractivity contribution in [1.82, 2.24) is 4.90 Å². The number of para-hydroxylation sites is 1. The quantitative estimate of drug-likeness (QED) is 0.747. The van der Waals surface area contributed by atoms with Crippen molar-refractivity contribution in [3.63, 3.8) is 0 Å². The molecule has 1 aliphatic heterocycles. The van der Waals surface area contributed by atoms with E-state index in [-0.39, 0.29) is 0 Å². The largest absolute Gasteiger partial charge is 0.492 e. The van der Waals surface area contributed by atoms with Gasteiger partial charge in [-0.3, -0.25) is 0 Å². The average molecular weight is 274 g/mol. The highest BCUT2D eigenvalue weighted by molar-refractivity contribution is 5.42. The van der Waals surface area contributed by atoms with Crippen molar-refractivity contribution in [2.75, 3.05) is 33.4 Å². The summed E-state index contributed by atoms with van der Waals surface area (Å²) in [5.41, 5.74) is 0.605. The van der Waals surface area contributed by atoms with E-state index in [0.29, 0.717) is 24.0 Å². The fraction of sp³-hybridized carbons (Fsp3) is 0.562. The van der Waals surface area contributed by atoms with Gasteiger partial charge >= 0.3 is 0 Å². The van der Waals surface area contributed by atoms with E-state index >= 15 is 0 Å². The molecule has 4 heteroatoms. The second kappa shape index (κ2) is 7.88. The summed E-state index contributed by atoms with van der Waals surface area (Å²) >= 11 is 0. The molecule has 108 valence electrons. The van der Waals surface area contributed by atoms with Crippen molar-refractivity contribution >= 4 is 0 Å². The highest BCUT2D eigenvalue weighted by Crippen LogP contribution is 2.17. The molecule has 0 aliphatic carbocycles. The summed E-state index contributed by atoms with van der Waals surface area (Å²) in [6, 6.07) is 9.53. The van der Waals surface area contributed by atoms with E-state index < -0.39 is 0 Å². The number of likely N-dealkylation sites (tertiary alicyclic amines) is 1. The molecule has 0 amide bonds. The molecule has 0 unspecified atom stereocenters. The highest BCUT2D eigenvalue weighted by atomic mass is 16.5. The lowest BCUT2D eigenvalue weighted by atomic mass is 10.1. The predicted octanol–water partition coefficient (Wildman–Crippen LogP) is 2.44. The van der Waals surface area contributed by atoms with Crippen LogP contribution in [-0.4, -0.2) is 44.4 Å². The summed E-state index contributed by atoms with van der Waals surface area (Å²) in [6.45, 7) is 3.91. The van der Waals surface area contributed by atoms with Crippen LogP contribution in [0.1, 0.15) is 24.8 Å². The standard InChI is InChI=1S/C16H22N2O2/c1-19-15-7-10-18(11-8-15)9-4-12-20-16-6-3-2-5-14(16)13-17/h2-3,5-6,15H,4,7-12H2,1H3. The molecule has 0 radical (unpaired) electrons. The number of methoxy groups -OCH3 is 1.